The Morgan fingerprint density at radius 2 is 2.29 bits per heavy atom. The molecule has 7 heteroatoms. The maximum Gasteiger partial charge on any atom is 0.410 e. The Morgan fingerprint density at radius 1 is 1.53 bits per heavy atom. The molecule has 2 rings (SSSR count). The molecule has 1 aliphatic rings. The maximum atomic E-state index is 11.8. The van der Waals surface area contributed by atoms with E-state index in [1.165, 1.54) is 0 Å². The van der Waals surface area contributed by atoms with Gasteiger partial charge < -0.3 is 14.7 Å². The fourth-order valence-electron chi connectivity index (χ4n) is 1.78. The quantitative estimate of drug-likeness (QED) is 0.710. The van der Waals surface area contributed by atoms with Gasteiger partial charge in [-0.25, -0.2) is 4.79 Å². The molecule has 0 aromatic carbocycles. The zero-order valence-electron chi connectivity index (χ0n) is 10.3. The highest BCUT2D eigenvalue weighted by atomic mass is 16.6. The van der Waals surface area contributed by atoms with Gasteiger partial charge in [-0.3, -0.25) is 10.3 Å². The van der Waals surface area contributed by atoms with E-state index in [4.69, 9.17) is 4.74 Å². The Bertz CT molecular complexity index is 384. The number of hydrogen-bond acceptors (Lipinski definition) is 5. The van der Waals surface area contributed by atoms with Crippen LogP contribution >= 0.6 is 0 Å². The lowest BCUT2D eigenvalue weighted by Crippen LogP contribution is -2.35. The van der Waals surface area contributed by atoms with Crippen molar-refractivity contribution < 1.29 is 9.53 Å². The Labute approximate surface area is 99.5 Å². The van der Waals surface area contributed by atoms with Crippen LogP contribution in [0.5, 0.6) is 0 Å². The second kappa shape index (κ2) is 4.31. The minimum atomic E-state index is -0.463. The molecule has 0 bridgehead atoms. The lowest BCUT2D eigenvalue weighted by atomic mass is 10.1. The predicted molar refractivity (Wildman–Crippen MR) is 58.3 cm³/mol. The third-order valence-electron chi connectivity index (χ3n) is 2.54. The topological polar surface area (TPSA) is 82.3 Å². The summed E-state index contributed by atoms with van der Waals surface area (Å²) in [5.74, 6) is 0.730. The predicted octanol–water partition coefficient (Wildman–Crippen LogP) is 0.553. The molecule has 0 unspecified atom stereocenters. The number of ether oxygens (including phenoxy) is 1. The molecule has 17 heavy (non-hydrogen) atoms. The zero-order valence-corrected chi connectivity index (χ0v) is 10.3. The van der Waals surface area contributed by atoms with Crippen LogP contribution in [0, 0.1) is 0 Å². The summed E-state index contributed by atoms with van der Waals surface area (Å²) in [5.41, 5.74) is -0.463. The van der Waals surface area contributed by atoms with Crippen LogP contribution in [-0.2, 0) is 4.74 Å². The Kier molecular flexibility index (Phi) is 2.99. The molecule has 1 saturated heterocycles. The Morgan fingerprint density at radius 3 is 2.88 bits per heavy atom. The van der Waals surface area contributed by atoms with Gasteiger partial charge in [-0.2, -0.15) is 5.21 Å². The summed E-state index contributed by atoms with van der Waals surface area (Å²) in [6, 6.07) is 0. The van der Waals surface area contributed by atoms with Crippen LogP contribution in [0.4, 0.5) is 4.79 Å². The number of hydrogen-bond donors (Lipinski definition) is 0. The van der Waals surface area contributed by atoms with Crippen molar-refractivity contribution in [2.24, 2.45) is 0 Å². The number of carbonyl (C=O) groups is 1. The van der Waals surface area contributed by atoms with Crippen LogP contribution in [-0.4, -0.2) is 45.2 Å². The molecule has 0 aliphatic carbocycles. The second-order valence-electron chi connectivity index (χ2n) is 5.15. The molecule has 1 amide bonds. The number of nitrogens with zero attached hydrogens (tertiary/aromatic N) is 5. The van der Waals surface area contributed by atoms with Crippen LogP contribution in [0.1, 0.15) is 38.9 Å². The van der Waals surface area contributed by atoms with E-state index in [0.29, 0.717) is 18.9 Å². The Balaban J connectivity index is 1.92. The van der Waals surface area contributed by atoms with Gasteiger partial charge in [0.15, 0.2) is 0 Å². The van der Waals surface area contributed by atoms with Crippen LogP contribution in [0.2, 0.25) is 0 Å². The van der Waals surface area contributed by atoms with Gasteiger partial charge in [-0.05, 0) is 27.2 Å². The summed E-state index contributed by atoms with van der Waals surface area (Å²) in [7, 11) is 0. The van der Waals surface area contributed by atoms with Crippen molar-refractivity contribution in [2.75, 3.05) is 13.1 Å². The summed E-state index contributed by atoms with van der Waals surface area (Å²) >= 11 is 0. The number of tetrazole rings is 1. The second-order valence-corrected chi connectivity index (χ2v) is 5.15. The van der Waals surface area contributed by atoms with Gasteiger partial charge in [0.1, 0.15) is 5.60 Å². The van der Waals surface area contributed by atoms with E-state index in [1.807, 2.05) is 20.8 Å². The van der Waals surface area contributed by atoms with Gasteiger partial charge >= 0.3 is 6.09 Å². The van der Waals surface area contributed by atoms with Gasteiger partial charge in [0.05, 0.1) is 0 Å². The molecule has 1 aromatic rings. The first-order valence-electron chi connectivity index (χ1n) is 5.62. The highest BCUT2D eigenvalue weighted by Crippen LogP contribution is 2.24. The van der Waals surface area contributed by atoms with E-state index in [2.05, 4.69) is 20.6 Å². The fourth-order valence-corrected chi connectivity index (χ4v) is 1.78. The van der Waals surface area contributed by atoms with E-state index in [1.54, 1.807) is 4.90 Å². The number of aromatic nitrogens is 4. The number of carbonyl (C=O) groups excluding carboxylic acids is 1. The van der Waals surface area contributed by atoms with Gasteiger partial charge in [-0.15, -0.1) is 0 Å². The Hall–Kier alpha value is -1.66. The molecule has 0 N–H and O–H groups in total. The molecule has 2 heterocycles. The zero-order chi connectivity index (χ0) is 12.5. The van der Waals surface area contributed by atoms with E-state index in [-0.39, 0.29) is 12.0 Å². The SMILES string of the molecule is CC(C)(C)OC(=O)N1CC[C@@H](c2nnn[n-]2)C1. The summed E-state index contributed by atoms with van der Waals surface area (Å²) in [4.78, 5) is 13.5. The summed E-state index contributed by atoms with van der Waals surface area (Å²) in [5, 5.41) is 14.5. The van der Waals surface area contributed by atoms with Gasteiger partial charge in [-0.1, -0.05) is 0 Å². The average Bonchev–Trinajstić information content (AvgIpc) is 2.86. The minimum Gasteiger partial charge on any atom is -0.444 e. The molecule has 0 radical (unpaired) electrons. The first kappa shape index (κ1) is 11.8. The van der Waals surface area contributed by atoms with Crippen molar-refractivity contribution in [3.05, 3.63) is 5.82 Å². The molecular formula is C10H16N5O2-. The fraction of sp³-hybridized carbons (Fsp3) is 0.800. The van der Waals surface area contributed by atoms with E-state index < -0.39 is 5.60 Å². The van der Waals surface area contributed by atoms with Crippen LogP contribution in [0.15, 0.2) is 0 Å². The smallest absolute Gasteiger partial charge is 0.410 e. The molecular weight excluding hydrogens is 222 g/mol. The standard InChI is InChI=1S/C10H16N5O2/c1-10(2,3)17-9(16)15-5-4-7(6-15)8-11-13-14-12-8/h7H,4-6H2,1-3H3/q-1/t7-/m1/s1. The first-order chi connectivity index (χ1) is 7.96. The lowest BCUT2D eigenvalue weighted by Gasteiger charge is -2.24. The van der Waals surface area contributed by atoms with Crippen molar-refractivity contribution >= 4 is 6.09 Å². The molecule has 1 aliphatic heterocycles. The van der Waals surface area contributed by atoms with Crippen molar-refractivity contribution in [3.8, 4) is 0 Å². The molecule has 1 aromatic heterocycles. The van der Waals surface area contributed by atoms with E-state index >= 15 is 0 Å². The van der Waals surface area contributed by atoms with Crippen LogP contribution < -0.4 is 5.10 Å². The third-order valence-corrected chi connectivity index (χ3v) is 2.54. The normalized spacial score (nSPS) is 20.6. The van der Waals surface area contributed by atoms with E-state index in [9.17, 15) is 4.79 Å². The van der Waals surface area contributed by atoms with Gasteiger partial charge in [0, 0.05) is 24.8 Å². The summed E-state index contributed by atoms with van der Waals surface area (Å²) in [6.45, 7) is 6.79. The largest absolute Gasteiger partial charge is 0.444 e. The van der Waals surface area contributed by atoms with Crippen molar-refractivity contribution in [1.82, 2.24) is 25.5 Å². The molecule has 0 spiro atoms. The maximum absolute atomic E-state index is 11.8. The summed E-state index contributed by atoms with van der Waals surface area (Å²) in [6.07, 6.45) is 0.541. The van der Waals surface area contributed by atoms with E-state index in [0.717, 1.165) is 6.42 Å². The molecule has 0 saturated carbocycles. The number of amides is 1. The molecule has 94 valence electrons. The van der Waals surface area contributed by atoms with Crippen molar-refractivity contribution in [2.45, 2.75) is 38.7 Å². The molecule has 7 nitrogen and oxygen atoms in total. The molecule has 1 fully saturated rings. The minimum absolute atomic E-state index is 0.123. The van der Waals surface area contributed by atoms with Crippen LogP contribution in [0.25, 0.3) is 0 Å². The highest BCUT2D eigenvalue weighted by Gasteiger charge is 2.30. The van der Waals surface area contributed by atoms with Crippen LogP contribution in [0.3, 0.4) is 0 Å². The van der Waals surface area contributed by atoms with Crippen molar-refractivity contribution in [3.63, 3.8) is 0 Å². The first-order valence-corrected chi connectivity index (χ1v) is 5.62. The van der Waals surface area contributed by atoms with Gasteiger partial charge in [0.25, 0.3) is 0 Å². The lowest BCUT2D eigenvalue weighted by molar-refractivity contribution is 0.0292. The number of likely N-dealkylation sites (tertiary alicyclic amines) is 1. The van der Waals surface area contributed by atoms with Gasteiger partial charge in [0.2, 0.25) is 0 Å². The number of rotatable bonds is 1. The highest BCUT2D eigenvalue weighted by molar-refractivity contribution is 5.68. The third kappa shape index (κ3) is 2.92. The molecule has 1 atom stereocenters. The summed E-state index contributed by atoms with van der Waals surface area (Å²) < 4.78 is 5.30. The average molecular weight is 238 g/mol. The van der Waals surface area contributed by atoms with Crippen molar-refractivity contribution in [1.29, 1.82) is 0 Å². The monoisotopic (exact) mass is 238 g/mol.